The molecule has 184 valence electrons. The molecule has 0 aliphatic carbocycles. The molecule has 1 fully saturated rings. The molecule has 9 nitrogen and oxygen atoms in total. The van der Waals surface area contributed by atoms with Crippen LogP contribution < -0.4 is 24.3 Å². The minimum absolute atomic E-state index is 0.0281. The number of carbonyl (C=O) groups is 3. The van der Waals surface area contributed by atoms with Crippen molar-refractivity contribution in [3.63, 3.8) is 0 Å². The van der Waals surface area contributed by atoms with Crippen LogP contribution in [0.5, 0.6) is 23.0 Å². The molecule has 4 rings (SSSR count). The Kier molecular flexibility index (Phi) is 7.50. The van der Waals surface area contributed by atoms with Gasteiger partial charge in [0.2, 0.25) is 12.7 Å². The van der Waals surface area contributed by atoms with Gasteiger partial charge in [-0.05, 0) is 67.9 Å². The van der Waals surface area contributed by atoms with E-state index < -0.39 is 23.6 Å². The molecule has 0 unspecified atom stereocenters. The number of nitrogens with zero attached hydrogens (tertiary/aromatic N) is 1. The molecule has 0 spiro atoms. The number of amides is 3. The summed E-state index contributed by atoms with van der Waals surface area (Å²) >= 11 is 0.789. The second kappa shape index (κ2) is 10.7. The summed E-state index contributed by atoms with van der Waals surface area (Å²) < 4.78 is 22.1. The van der Waals surface area contributed by atoms with E-state index in [1.165, 1.54) is 0 Å². The van der Waals surface area contributed by atoms with Crippen molar-refractivity contribution in [2.45, 2.75) is 33.3 Å². The molecule has 3 amide bonds. The van der Waals surface area contributed by atoms with E-state index in [1.54, 1.807) is 42.5 Å². The monoisotopic (exact) mass is 498 g/mol. The van der Waals surface area contributed by atoms with Crippen LogP contribution in [0.2, 0.25) is 0 Å². The Morgan fingerprint density at radius 1 is 1.14 bits per heavy atom. The zero-order valence-electron chi connectivity index (χ0n) is 19.7. The molecular weight excluding hydrogens is 472 g/mol. The quantitative estimate of drug-likeness (QED) is 0.498. The smallest absolute Gasteiger partial charge is 0.294 e. The van der Waals surface area contributed by atoms with Gasteiger partial charge < -0.3 is 24.3 Å². The van der Waals surface area contributed by atoms with Crippen molar-refractivity contribution in [1.82, 2.24) is 4.90 Å². The third-order valence-corrected chi connectivity index (χ3v) is 6.21. The summed E-state index contributed by atoms with van der Waals surface area (Å²) in [5.41, 5.74) is 1.16. The Morgan fingerprint density at radius 2 is 1.94 bits per heavy atom. The third-order valence-electron chi connectivity index (χ3n) is 5.30. The van der Waals surface area contributed by atoms with E-state index in [-0.39, 0.29) is 17.8 Å². The van der Waals surface area contributed by atoms with E-state index in [2.05, 4.69) is 5.32 Å². The van der Waals surface area contributed by atoms with E-state index in [9.17, 15) is 14.4 Å². The number of rotatable bonds is 9. The van der Waals surface area contributed by atoms with Crippen LogP contribution in [-0.2, 0) is 9.59 Å². The molecular formula is C25H26N2O7S. The minimum Gasteiger partial charge on any atom is -0.490 e. The largest absolute Gasteiger partial charge is 0.490 e. The van der Waals surface area contributed by atoms with Crippen molar-refractivity contribution in [2.75, 3.05) is 25.3 Å². The van der Waals surface area contributed by atoms with Crippen molar-refractivity contribution in [3.8, 4) is 23.0 Å². The van der Waals surface area contributed by atoms with Crippen LogP contribution in [0.4, 0.5) is 10.5 Å². The summed E-state index contributed by atoms with van der Waals surface area (Å²) in [6, 6.07) is 10.3. The lowest BCUT2D eigenvalue weighted by Gasteiger charge is -2.16. The lowest BCUT2D eigenvalue weighted by atomic mass is 10.1. The minimum atomic E-state index is -0.529. The summed E-state index contributed by atoms with van der Waals surface area (Å²) in [5, 5.41) is 2.16. The van der Waals surface area contributed by atoms with Crippen molar-refractivity contribution >= 4 is 40.6 Å². The van der Waals surface area contributed by atoms with Crippen LogP contribution in [0, 0.1) is 0 Å². The maximum absolute atomic E-state index is 12.9. The fourth-order valence-electron chi connectivity index (χ4n) is 3.39. The van der Waals surface area contributed by atoms with Gasteiger partial charge in [0, 0.05) is 11.8 Å². The molecule has 2 heterocycles. The molecule has 2 aromatic carbocycles. The average Bonchev–Trinajstić information content (AvgIpc) is 3.40. The Labute approximate surface area is 207 Å². The van der Waals surface area contributed by atoms with Crippen LogP contribution in [0.25, 0.3) is 6.08 Å². The number of fused-ring (bicyclic) bond motifs is 1. The zero-order chi connectivity index (χ0) is 24.9. The summed E-state index contributed by atoms with van der Waals surface area (Å²) in [6.07, 6.45) is 2.49. The number of anilines is 1. The highest BCUT2D eigenvalue weighted by Gasteiger charge is 2.36. The van der Waals surface area contributed by atoms with Crippen LogP contribution in [0.1, 0.15) is 32.8 Å². The van der Waals surface area contributed by atoms with E-state index in [0.29, 0.717) is 40.9 Å². The predicted octanol–water partition coefficient (Wildman–Crippen LogP) is 4.67. The number of benzene rings is 2. The Balaban J connectivity index is 1.44. The van der Waals surface area contributed by atoms with E-state index in [0.717, 1.165) is 23.1 Å². The van der Waals surface area contributed by atoms with Crippen molar-refractivity contribution < 1.29 is 33.3 Å². The third kappa shape index (κ3) is 5.71. The van der Waals surface area contributed by atoms with Crippen LogP contribution in [-0.4, -0.2) is 48.0 Å². The number of thioether (sulfide) groups is 1. The molecule has 2 aromatic rings. The molecule has 35 heavy (non-hydrogen) atoms. The fraction of sp³-hybridized carbons (Fsp3) is 0.320. The Hall–Kier alpha value is -3.66. The second-order valence-corrected chi connectivity index (χ2v) is 8.85. The lowest BCUT2D eigenvalue weighted by molar-refractivity contribution is -0.127. The first-order valence-corrected chi connectivity index (χ1v) is 12.1. The van der Waals surface area contributed by atoms with E-state index in [4.69, 9.17) is 18.9 Å². The first kappa shape index (κ1) is 24.5. The number of nitrogens with one attached hydrogen (secondary N) is 1. The standard InChI is InChI=1S/C25H26N2O7S/c1-4-15(3)34-19-8-6-16(10-20(19)31-5-2)11-22-24(29)27(25(30)35-22)13-23(28)26-17-7-9-18-21(12-17)33-14-32-18/h6-12,15H,4-5,13-14H2,1-3H3,(H,26,28)/b22-11+/t15-/m0/s1. The van der Waals surface area contributed by atoms with Gasteiger partial charge >= 0.3 is 0 Å². The molecule has 0 saturated carbocycles. The summed E-state index contributed by atoms with van der Waals surface area (Å²) in [7, 11) is 0. The highest BCUT2D eigenvalue weighted by Crippen LogP contribution is 2.36. The van der Waals surface area contributed by atoms with Gasteiger partial charge in [-0.25, -0.2) is 0 Å². The molecule has 1 atom stereocenters. The van der Waals surface area contributed by atoms with Crippen molar-refractivity contribution in [3.05, 3.63) is 46.9 Å². The highest BCUT2D eigenvalue weighted by molar-refractivity contribution is 8.18. The van der Waals surface area contributed by atoms with Gasteiger partial charge in [-0.2, -0.15) is 0 Å². The van der Waals surface area contributed by atoms with Gasteiger partial charge in [0.15, 0.2) is 23.0 Å². The fourth-order valence-corrected chi connectivity index (χ4v) is 4.22. The van der Waals surface area contributed by atoms with Crippen LogP contribution >= 0.6 is 11.8 Å². The van der Waals surface area contributed by atoms with E-state index >= 15 is 0 Å². The van der Waals surface area contributed by atoms with Gasteiger partial charge in [-0.15, -0.1) is 0 Å². The molecule has 10 heteroatoms. The zero-order valence-corrected chi connectivity index (χ0v) is 20.5. The second-order valence-electron chi connectivity index (χ2n) is 7.86. The predicted molar refractivity (Wildman–Crippen MR) is 132 cm³/mol. The van der Waals surface area contributed by atoms with Gasteiger partial charge in [0.1, 0.15) is 6.54 Å². The maximum atomic E-state index is 12.9. The highest BCUT2D eigenvalue weighted by atomic mass is 32.2. The first-order chi connectivity index (χ1) is 16.9. The maximum Gasteiger partial charge on any atom is 0.294 e. The molecule has 0 aromatic heterocycles. The Bertz CT molecular complexity index is 1180. The lowest BCUT2D eigenvalue weighted by Crippen LogP contribution is -2.36. The van der Waals surface area contributed by atoms with E-state index in [1.807, 2.05) is 20.8 Å². The van der Waals surface area contributed by atoms with Gasteiger partial charge in [0.25, 0.3) is 11.1 Å². The van der Waals surface area contributed by atoms with Gasteiger partial charge in [-0.1, -0.05) is 13.0 Å². The Morgan fingerprint density at radius 3 is 2.71 bits per heavy atom. The molecule has 2 aliphatic heterocycles. The molecule has 1 N–H and O–H groups in total. The molecule has 0 radical (unpaired) electrons. The number of imide groups is 1. The average molecular weight is 499 g/mol. The number of hydrogen-bond acceptors (Lipinski definition) is 8. The molecule has 2 aliphatic rings. The van der Waals surface area contributed by atoms with Crippen molar-refractivity contribution in [1.29, 1.82) is 0 Å². The van der Waals surface area contributed by atoms with Gasteiger partial charge in [-0.3, -0.25) is 19.3 Å². The SMILES string of the molecule is CCOc1cc(/C=C2/SC(=O)N(CC(=O)Nc3ccc4c(c3)OCO4)C2=O)ccc1O[C@@H](C)CC. The topological polar surface area (TPSA) is 103 Å². The summed E-state index contributed by atoms with van der Waals surface area (Å²) in [6.45, 7) is 6.06. The van der Waals surface area contributed by atoms with Crippen molar-refractivity contribution in [2.24, 2.45) is 0 Å². The normalized spacial score (nSPS) is 16.5. The van der Waals surface area contributed by atoms with Crippen LogP contribution in [0.3, 0.4) is 0 Å². The number of ether oxygens (including phenoxy) is 4. The number of hydrogen-bond donors (Lipinski definition) is 1. The molecule has 0 bridgehead atoms. The van der Waals surface area contributed by atoms with Crippen LogP contribution in [0.15, 0.2) is 41.3 Å². The first-order valence-electron chi connectivity index (χ1n) is 11.3. The van der Waals surface area contributed by atoms with Gasteiger partial charge in [0.05, 0.1) is 17.6 Å². The molecule has 1 saturated heterocycles. The summed E-state index contributed by atoms with van der Waals surface area (Å²) in [4.78, 5) is 39.0. The number of carbonyl (C=O) groups excluding carboxylic acids is 3. The summed E-state index contributed by atoms with van der Waals surface area (Å²) in [5.74, 6) is 1.25.